The molecule has 1 atom stereocenters. The SMILES string of the molecule is Cc1nn(C)c(C)c1CNC1CC(=O)N(C2CC2)C1=O. The molecule has 2 heterocycles. The molecule has 1 saturated heterocycles. The molecule has 1 saturated carbocycles. The Labute approximate surface area is 118 Å². The lowest BCUT2D eigenvalue weighted by Crippen LogP contribution is -2.39. The third-order valence-electron chi connectivity index (χ3n) is 4.28. The summed E-state index contributed by atoms with van der Waals surface area (Å²) < 4.78 is 1.84. The Hall–Kier alpha value is -1.69. The summed E-state index contributed by atoms with van der Waals surface area (Å²) >= 11 is 0. The highest BCUT2D eigenvalue weighted by atomic mass is 16.2. The van der Waals surface area contributed by atoms with Crippen LogP contribution in [0, 0.1) is 13.8 Å². The van der Waals surface area contributed by atoms with Crippen molar-refractivity contribution in [2.75, 3.05) is 0 Å². The Balaban J connectivity index is 1.67. The lowest BCUT2D eigenvalue weighted by atomic mass is 10.1. The van der Waals surface area contributed by atoms with Gasteiger partial charge in [0.25, 0.3) is 0 Å². The average Bonchev–Trinajstić information content (AvgIpc) is 3.12. The molecule has 3 rings (SSSR count). The number of carbonyl (C=O) groups excluding carboxylic acids is 2. The van der Waals surface area contributed by atoms with Crippen LogP contribution in [0.1, 0.15) is 36.2 Å². The molecule has 6 heteroatoms. The molecule has 20 heavy (non-hydrogen) atoms. The summed E-state index contributed by atoms with van der Waals surface area (Å²) in [6.45, 7) is 4.55. The van der Waals surface area contributed by atoms with Gasteiger partial charge in [-0.25, -0.2) is 0 Å². The topological polar surface area (TPSA) is 67.2 Å². The first-order valence-corrected chi connectivity index (χ1v) is 7.07. The van der Waals surface area contributed by atoms with Gasteiger partial charge in [0.15, 0.2) is 0 Å². The molecule has 2 fully saturated rings. The second-order valence-corrected chi connectivity index (χ2v) is 5.74. The monoisotopic (exact) mass is 276 g/mol. The van der Waals surface area contributed by atoms with Crippen LogP contribution in [0.15, 0.2) is 0 Å². The van der Waals surface area contributed by atoms with Crippen molar-refractivity contribution in [3.8, 4) is 0 Å². The molecule has 1 aliphatic carbocycles. The molecule has 2 aliphatic rings. The molecule has 1 unspecified atom stereocenters. The van der Waals surface area contributed by atoms with Crippen molar-refractivity contribution in [2.45, 2.75) is 51.7 Å². The fourth-order valence-corrected chi connectivity index (χ4v) is 2.83. The smallest absolute Gasteiger partial charge is 0.247 e. The van der Waals surface area contributed by atoms with Crippen molar-refractivity contribution in [3.05, 3.63) is 17.0 Å². The van der Waals surface area contributed by atoms with Gasteiger partial charge in [-0.3, -0.25) is 19.2 Å². The van der Waals surface area contributed by atoms with Crippen molar-refractivity contribution in [3.63, 3.8) is 0 Å². The van der Waals surface area contributed by atoms with Crippen LogP contribution in [0.5, 0.6) is 0 Å². The predicted octanol–water partition coefficient (Wildman–Crippen LogP) is 0.416. The van der Waals surface area contributed by atoms with Crippen LogP contribution in [0.3, 0.4) is 0 Å². The van der Waals surface area contributed by atoms with Crippen LogP contribution >= 0.6 is 0 Å². The van der Waals surface area contributed by atoms with E-state index in [1.165, 1.54) is 4.90 Å². The Morgan fingerprint density at radius 1 is 1.30 bits per heavy atom. The van der Waals surface area contributed by atoms with E-state index in [4.69, 9.17) is 0 Å². The first kappa shape index (κ1) is 13.3. The molecular weight excluding hydrogens is 256 g/mol. The second kappa shape index (κ2) is 4.70. The number of carbonyl (C=O) groups is 2. The molecule has 1 aromatic heterocycles. The summed E-state index contributed by atoms with van der Waals surface area (Å²) in [4.78, 5) is 25.5. The minimum Gasteiger partial charge on any atom is -0.301 e. The highest BCUT2D eigenvalue weighted by molar-refractivity contribution is 6.06. The Kier molecular flexibility index (Phi) is 3.12. The van der Waals surface area contributed by atoms with Gasteiger partial charge in [-0.2, -0.15) is 5.10 Å². The lowest BCUT2D eigenvalue weighted by molar-refractivity contribution is -0.139. The number of nitrogens with zero attached hydrogens (tertiary/aromatic N) is 3. The quantitative estimate of drug-likeness (QED) is 0.809. The van der Waals surface area contributed by atoms with Gasteiger partial charge in [0.05, 0.1) is 18.2 Å². The van der Waals surface area contributed by atoms with Gasteiger partial charge in [0.2, 0.25) is 11.8 Å². The highest BCUT2D eigenvalue weighted by Gasteiger charge is 2.45. The Morgan fingerprint density at radius 3 is 2.55 bits per heavy atom. The molecule has 0 aromatic carbocycles. The lowest BCUT2D eigenvalue weighted by Gasteiger charge is -2.14. The molecule has 1 N–H and O–H groups in total. The zero-order valence-corrected chi connectivity index (χ0v) is 12.1. The molecule has 0 bridgehead atoms. The van der Waals surface area contributed by atoms with Crippen LogP contribution in [0.25, 0.3) is 0 Å². The predicted molar refractivity (Wildman–Crippen MR) is 72.8 cm³/mol. The first-order valence-electron chi connectivity index (χ1n) is 7.07. The van der Waals surface area contributed by atoms with Crippen LogP contribution in [0.4, 0.5) is 0 Å². The van der Waals surface area contributed by atoms with E-state index in [1.54, 1.807) is 0 Å². The van der Waals surface area contributed by atoms with Crippen molar-refractivity contribution in [2.24, 2.45) is 7.05 Å². The zero-order chi connectivity index (χ0) is 14.4. The van der Waals surface area contributed by atoms with E-state index < -0.39 is 0 Å². The van der Waals surface area contributed by atoms with Crippen molar-refractivity contribution in [1.82, 2.24) is 20.0 Å². The van der Waals surface area contributed by atoms with E-state index >= 15 is 0 Å². The first-order chi connectivity index (χ1) is 9.49. The van der Waals surface area contributed by atoms with E-state index in [0.29, 0.717) is 6.54 Å². The zero-order valence-electron chi connectivity index (χ0n) is 12.1. The van der Waals surface area contributed by atoms with E-state index in [0.717, 1.165) is 29.8 Å². The van der Waals surface area contributed by atoms with Gasteiger partial charge < -0.3 is 5.32 Å². The number of aromatic nitrogens is 2. The maximum absolute atomic E-state index is 12.2. The number of imide groups is 1. The van der Waals surface area contributed by atoms with Gasteiger partial charge in [0.1, 0.15) is 0 Å². The van der Waals surface area contributed by atoms with Crippen molar-refractivity contribution in [1.29, 1.82) is 0 Å². The maximum Gasteiger partial charge on any atom is 0.247 e. The summed E-state index contributed by atoms with van der Waals surface area (Å²) in [6, 6.07) is -0.203. The van der Waals surface area contributed by atoms with E-state index in [1.807, 2.05) is 25.6 Å². The number of rotatable bonds is 4. The van der Waals surface area contributed by atoms with Crippen molar-refractivity contribution >= 4 is 11.8 Å². The Morgan fingerprint density at radius 2 is 2.00 bits per heavy atom. The van der Waals surface area contributed by atoms with Gasteiger partial charge in [-0.15, -0.1) is 0 Å². The van der Waals surface area contributed by atoms with Gasteiger partial charge in [-0.05, 0) is 26.7 Å². The molecule has 6 nitrogen and oxygen atoms in total. The van der Waals surface area contributed by atoms with Gasteiger partial charge >= 0.3 is 0 Å². The van der Waals surface area contributed by atoms with Gasteiger partial charge in [-0.1, -0.05) is 0 Å². The number of hydrogen-bond acceptors (Lipinski definition) is 4. The summed E-state index contributed by atoms with van der Waals surface area (Å²) in [5, 5.41) is 7.58. The number of hydrogen-bond donors (Lipinski definition) is 1. The van der Waals surface area contributed by atoms with Crippen LogP contribution in [-0.2, 0) is 23.2 Å². The number of likely N-dealkylation sites (tertiary alicyclic amines) is 1. The van der Waals surface area contributed by atoms with Crippen LogP contribution < -0.4 is 5.32 Å². The minimum atomic E-state index is -0.373. The molecule has 108 valence electrons. The average molecular weight is 276 g/mol. The number of nitrogens with one attached hydrogen (secondary N) is 1. The highest BCUT2D eigenvalue weighted by Crippen LogP contribution is 2.31. The van der Waals surface area contributed by atoms with Crippen molar-refractivity contribution < 1.29 is 9.59 Å². The largest absolute Gasteiger partial charge is 0.301 e. The van der Waals surface area contributed by atoms with E-state index in [-0.39, 0.29) is 30.3 Å². The number of amides is 2. The second-order valence-electron chi connectivity index (χ2n) is 5.74. The Bertz CT molecular complexity index is 574. The maximum atomic E-state index is 12.2. The van der Waals surface area contributed by atoms with Crippen LogP contribution in [-0.4, -0.2) is 38.6 Å². The summed E-state index contributed by atoms with van der Waals surface area (Å²) in [5.74, 6) is -0.0914. The number of aryl methyl sites for hydroxylation is 2. The van der Waals surface area contributed by atoms with Crippen LogP contribution in [0.2, 0.25) is 0 Å². The molecular formula is C14H20N4O2. The molecule has 1 aliphatic heterocycles. The molecule has 1 aromatic rings. The molecule has 2 amide bonds. The van der Waals surface area contributed by atoms with E-state index in [2.05, 4.69) is 10.4 Å². The third kappa shape index (κ3) is 2.14. The summed E-state index contributed by atoms with van der Waals surface area (Å²) in [5.41, 5.74) is 3.16. The third-order valence-corrected chi connectivity index (χ3v) is 4.28. The fraction of sp³-hybridized carbons (Fsp3) is 0.643. The fourth-order valence-electron chi connectivity index (χ4n) is 2.83. The molecule has 0 spiro atoms. The standard InChI is InChI=1S/C14H20N4O2/c1-8-11(9(2)17(3)16-8)7-15-12-6-13(19)18(14(12)20)10-4-5-10/h10,12,15H,4-7H2,1-3H3. The minimum absolute atomic E-state index is 0.0327. The van der Waals surface area contributed by atoms with E-state index in [9.17, 15) is 9.59 Å². The molecule has 0 radical (unpaired) electrons. The summed E-state index contributed by atoms with van der Waals surface area (Å²) in [6.07, 6.45) is 2.21. The normalized spacial score (nSPS) is 22.9. The summed E-state index contributed by atoms with van der Waals surface area (Å²) in [7, 11) is 1.91. The van der Waals surface area contributed by atoms with Gasteiger partial charge in [0, 0.05) is 30.9 Å².